The summed E-state index contributed by atoms with van der Waals surface area (Å²) in [5.41, 5.74) is 2.25. The van der Waals surface area contributed by atoms with E-state index >= 15 is 0 Å². The third-order valence-electron chi connectivity index (χ3n) is 2.29. The van der Waals surface area contributed by atoms with Crippen molar-refractivity contribution < 1.29 is 0 Å². The van der Waals surface area contributed by atoms with E-state index in [0.29, 0.717) is 0 Å². The van der Waals surface area contributed by atoms with Gasteiger partial charge in [0, 0.05) is 31.3 Å². The number of pyridine rings is 2. The predicted molar refractivity (Wildman–Crippen MR) is 61.3 cm³/mol. The molecule has 0 N–H and O–H groups in total. The number of aromatic nitrogens is 2. The lowest BCUT2D eigenvalue weighted by Gasteiger charge is -2.17. The molecule has 0 fully saturated rings. The quantitative estimate of drug-likeness (QED) is 0.744. The molecule has 0 unspecified atom stereocenters. The minimum atomic E-state index is 0.937. The van der Waals surface area contributed by atoms with Gasteiger partial charge in [-0.05, 0) is 30.7 Å². The summed E-state index contributed by atoms with van der Waals surface area (Å²) in [7, 11) is 1.99. The summed E-state index contributed by atoms with van der Waals surface area (Å²) in [5, 5.41) is 0. The molecule has 0 atom stereocenters. The molecule has 3 heteroatoms. The number of rotatable bonds is 2. The van der Waals surface area contributed by atoms with Crippen LogP contribution in [0.15, 0.2) is 42.9 Å². The molecule has 3 nitrogen and oxygen atoms in total. The fourth-order valence-corrected chi connectivity index (χ4v) is 1.36. The number of nitrogens with zero attached hydrogens (tertiary/aromatic N) is 3. The standard InChI is InChI=1S/C12H13N3/c1-10-3-4-12(14-9-10)15(2)11-5-7-13-8-6-11/h3-9H,1-2H3. The SMILES string of the molecule is Cc1ccc(N(C)c2ccncc2)nc1. The Balaban J connectivity index is 2.29. The largest absolute Gasteiger partial charge is 0.329 e. The predicted octanol–water partition coefficient (Wildman–Crippen LogP) is 2.55. The highest BCUT2D eigenvalue weighted by atomic mass is 15.2. The zero-order valence-electron chi connectivity index (χ0n) is 8.88. The summed E-state index contributed by atoms with van der Waals surface area (Å²) < 4.78 is 0. The molecule has 0 bridgehead atoms. The monoisotopic (exact) mass is 199 g/mol. The van der Waals surface area contributed by atoms with Crippen molar-refractivity contribution in [3.05, 3.63) is 48.4 Å². The molecular formula is C12H13N3. The van der Waals surface area contributed by atoms with Crippen molar-refractivity contribution in [1.82, 2.24) is 9.97 Å². The highest BCUT2D eigenvalue weighted by Crippen LogP contribution is 2.19. The van der Waals surface area contributed by atoms with Gasteiger partial charge in [-0.1, -0.05) is 6.07 Å². The van der Waals surface area contributed by atoms with Crippen LogP contribution in [-0.4, -0.2) is 17.0 Å². The van der Waals surface area contributed by atoms with Gasteiger partial charge in [-0.2, -0.15) is 0 Å². The van der Waals surface area contributed by atoms with Gasteiger partial charge in [0.25, 0.3) is 0 Å². The Morgan fingerprint density at radius 2 is 1.80 bits per heavy atom. The van der Waals surface area contributed by atoms with Crippen molar-refractivity contribution in [2.45, 2.75) is 6.92 Å². The molecule has 2 rings (SSSR count). The Bertz CT molecular complexity index is 422. The van der Waals surface area contributed by atoms with Gasteiger partial charge in [0.1, 0.15) is 5.82 Å². The fraction of sp³-hybridized carbons (Fsp3) is 0.167. The van der Waals surface area contributed by atoms with E-state index in [2.05, 4.69) is 16.0 Å². The molecule has 0 saturated carbocycles. The van der Waals surface area contributed by atoms with Crippen LogP contribution in [0.1, 0.15) is 5.56 Å². The van der Waals surface area contributed by atoms with Crippen molar-refractivity contribution in [2.75, 3.05) is 11.9 Å². The van der Waals surface area contributed by atoms with E-state index < -0.39 is 0 Å². The van der Waals surface area contributed by atoms with Crippen molar-refractivity contribution in [3.63, 3.8) is 0 Å². The normalized spacial score (nSPS) is 10.0. The highest BCUT2D eigenvalue weighted by Gasteiger charge is 2.03. The molecule has 2 aromatic heterocycles. The Morgan fingerprint density at radius 3 is 2.40 bits per heavy atom. The zero-order chi connectivity index (χ0) is 10.7. The van der Waals surface area contributed by atoms with Gasteiger partial charge >= 0.3 is 0 Å². The van der Waals surface area contributed by atoms with Gasteiger partial charge in [-0.3, -0.25) is 4.98 Å². The van der Waals surface area contributed by atoms with Gasteiger partial charge in [-0.25, -0.2) is 4.98 Å². The van der Waals surface area contributed by atoms with Crippen LogP contribution in [0.5, 0.6) is 0 Å². The van der Waals surface area contributed by atoms with Gasteiger partial charge in [0.05, 0.1) is 0 Å². The Kier molecular flexibility index (Phi) is 2.63. The zero-order valence-corrected chi connectivity index (χ0v) is 8.88. The third-order valence-corrected chi connectivity index (χ3v) is 2.29. The summed E-state index contributed by atoms with van der Waals surface area (Å²) in [5.74, 6) is 0.937. The van der Waals surface area contributed by atoms with Gasteiger partial charge < -0.3 is 4.90 Å². The average Bonchev–Trinajstić information content (AvgIpc) is 2.30. The molecule has 0 aromatic carbocycles. The van der Waals surface area contributed by atoms with Gasteiger partial charge in [0.2, 0.25) is 0 Å². The van der Waals surface area contributed by atoms with Crippen molar-refractivity contribution in [2.24, 2.45) is 0 Å². The molecule has 15 heavy (non-hydrogen) atoms. The smallest absolute Gasteiger partial charge is 0.132 e. The van der Waals surface area contributed by atoms with Crippen LogP contribution in [0, 0.1) is 6.92 Å². The summed E-state index contributed by atoms with van der Waals surface area (Å²) in [6.07, 6.45) is 5.42. The van der Waals surface area contributed by atoms with E-state index in [0.717, 1.165) is 11.5 Å². The molecule has 76 valence electrons. The molecule has 0 amide bonds. The number of aryl methyl sites for hydroxylation is 1. The summed E-state index contributed by atoms with van der Waals surface area (Å²) in [4.78, 5) is 10.4. The second kappa shape index (κ2) is 4.09. The van der Waals surface area contributed by atoms with Crippen LogP contribution in [0.2, 0.25) is 0 Å². The summed E-state index contributed by atoms with van der Waals surface area (Å²) >= 11 is 0. The van der Waals surface area contributed by atoms with Crippen LogP contribution < -0.4 is 4.90 Å². The lowest BCUT2D eigenvalue weighted by Crippen LogP contribution is -2.10. The second-order valence-corrected chi connectivity index (χ2v) is 3.46. The van der Waals surface area contributed by atoms with E-state index in [1.54, 1.807) is 12.4 Å². The average molecular weight is 199 g/mol. The maximum atomic E-state index is 4.36. The maximum absolute atomic E-state index is 4.36. The highest BCUT2D eigenvalue weighted by molar-refractivity contribution is 5.58. The number of hydrogen-bond acceptors (Lipinski definition) is 3. The van der Waals surface area contributed by atoms with E-state index in [9.17, 15) is 0 Å². The van der Waals surface area contributed by atoms with Crippen molar-refractivity contribution in [3.8, 4) is 0 Å². The third kappa shape index (κ3) is 2.13. The van der Waals surface area contributed by atoms with E-state index in [1.807, 2.05) is 43.3 Å². The first-order valence-corrected chi connectivity index (χ1v) is 4.84. The van der Waals surface area contributed by atoms with Gasteiger partial charge in [-0.15, -0.1) is 0 Å². The molecule has 0 spiro atoms. The fourth-order valence-electron chi connectivity index (χ4n) is 1.36. The molecule has 0 aliphatic heterocycles. The van der Waals surface area contributed by atoms with E-state index in [4.69, 9.17) is 0 Å². The molecule has 0 aliphatic rings. The van der Waals surface area contributed by atoms with Crippen LogP contribution in [0.25, 0.3) is 0 Å². The molecule has 0 radical (unpaired) electrons. The van der Waals surface area contributed by atoms with Crippen molar-refractivity contribution >= 4 is 11.5 Å². The summed E-state index contributed by atoms with van der Waals surface area (Å²) in [6.45, 7) is 2.03. The van der Waals surface area contributed by atoms with E-state index in [1.165, 1.54) is 5.56 Å². The summed E-state index contributed by atoms with van der Waals surface area (Å²) in [6, 6.07) is 7.98. The van der Waals surface area contributed by atoms with Crippen LogP contribution in [0.4, 0.5) is 11.5 Å². The van der Waals surface area contributed by atoms with Crippen LogP contribution >= 0.6 is 0 Å². The molecule has 0 saturated heterocycles. The molecule has 2 heterocycles. The topological polar surface area (TPSA) is 29.0 Å². The first kappa shape index (κ1) is 9.65. The molecule has 2 aromatic rings. The van der Waals surface area contributed by atoms with Crippen LogP contribution in [0.3, 0.4) is 0 Å². The van der Waals surface area contributed by atoms with Gasteiger partial charge in [0.15, 0.2) is 0 Å². The maximum Gasteiger partial charge on any atom is 0.132 e. The first-order chi connectivity index (χ1) is 7.27. The lowest BCUT2D eigenvalue weighted by atomic mass is 10.3. The Labute approximate surface area is 89.4 Å². The van der Waals surface area contributed by atoms with E-state index in [-0.39, 0.29) is 0 Å². The minimum absolute atomic E-state index is 0.937. The first-order valence-electron chi connectivity index (χ1n) is 4.84. The molecular weight excluding hydrogens is 186 g/mol. The number of hydrogen-bond donors (Lipinski definition) is 0. The Hall–Kier alpha value is -1.90. The Morgan fingerprint density at radius 1 is 1.07 bits per heavy atom. The number of anilines is 2. The van der Waals surface area contributed by atoms with Crippen LogP contribution in [-0.2, 0) is 0 Å². The minimum Gasteiger partial charge on any atom is -0.329 e. The molecule has 0 aliphatic carbocycles. The second-order valence-electron chi connectivity index (χ2n) is 3.46. The van der Waals surface area contributed by atoms with Crippen molar-refractivity contribution in [1.29, 1.82) is 0 Å². The lowest BCUT2D eigenvalue weighted by molar-refractivity contribution is 1.11.